The quantitative estimate of drug-likeness (QED) is 0.849. The molecule has 1 aliphatic carbocycles. The molecule has 0 amide bonds. The minimum Gasteiger partial charge on any atom is -0.378 e. The molecule has 94 valence electrons. The molecular formula is C14H22N2O. The zero-order chi connectivity index (χ0) is 12.3. The van der Waals surface area contributed by atoms with Crippen molar-refractivity contribution < 1.29 is 4.74 Å². The van der Waals surface area contributed by atoms with Gasteiger partial charge in [0.2, 0.25) is 0 Å². The molecule has 0 radical (unpaired) electrons. The fraction of sp³-hybridized carbons (Fsp3) is 0.643. The molecule has 2 atom stereocenters. The smallest absolute Gasteiger partial charge is 0.0655 e. The van der Waals surface area contributed by atoms with E-state index in [9.17, 15) is 0 Å². The van der Waals surface area contributed by atoms with Crippen LogP contribution in [0.5, 0.6) is 0 Å². The van der Waals surface area contributed by atoms with Crippen LogP contribution in [-0.4, -0.2) is 23.7 Å². The Morgan fingerprint density at radius 3 is 2.94 bits per heavy atom. The van der Waals surface area contributed by atoms with Crippen molar-refractivity contribution in [2.75, 3.05) is 6.61 Å². The highest BCUT2D eigenvalue weighted by Gasteiger charge is 2.48. The van der Waals surface area contributed by atoms with Crippen LogP contribution in [0.4, 0.5) is 0 Å². The monoisotopic (exact) mass is 234 g/mol. The molecule has 2 unspecified atom stereocenters. The predicted octanol–water partition coefficient (Wildman–Crippen LogP) is 2.37. The Hall–Kier alpha value is -0.930. The number of nitrogens with one attached hydrogen (secondary N) is 1. The van der Waals surface area contributed by atoms with E-state index in [-0.39, 0.29) is 5.41 Å². The van der Waals surface area contributed by atoms with Crippen molar-refractivity contribution in [1.82, 2.24) is 10.3 Å². The Bertz CT molecular complexity index is 350. The number of hydrogen-bond donors (Lipinski definition) is 1. The van der Waals surface area contributed by atoms with Crippen LogP contribution in [0.1, 0.15) is 32.8 Å². The molecule has 1 saturated carbocycles. The summed E-state index contributed by atoms with van der Waals surface area (Å²) >= 11 is 0. The Kier molecular flexibility index (Phi) is 3.79. The molecule has 3 nitrogen and oxygen atoms in total. The number of hydrogen-bond acceptors (Lipinski definition) is 3. The summed E-state index contributed by atoms with van der Waals surface area (Å²) in [6.07, 6.45) is 5.24. The lowest BCUT2D eigenvalue weighted by atomic mass is 9.64. The normalized spacial score (nSPS) is 26.5. The van der Waals surface area contributed by atoms with Crippen molar-refractivity contribution in [3.63, 3.8) is 0 Å². The van der Waals surface area contributed by atoms with Gasteiger partial charge in [-0.15, -0.1) is 0 Å². The first kappa shape index (κ1) is 12.5. The first-order valence-corrected chi connectivity index (χ1v) is 6.38. The van der Waals surface area contributed by atoms with Crippen molar-refractivity contribution in [2.45, 2.75) is 45.9 Å². The van der Waals surface area contributed by atoms with Crippen molar-refractivity contribution in [3.05, 3.63) is 30.1 Å². The standard InChI is InChI=1S/C14H22N2O/c1-4-17-13-8-12(14(13,2)3)16-10-11-6-5-7-15-9-11/h5-7,9,12-13,16H,4,8,10H2,1-3H3. The van der Waals surface area contributed by atoms with E-state index in [2.05, 4.69) is 37.1 Å². The predicted molar refractivity (Wildman–Crippen MR) is 68.7 cm³/mol. The number of nitrogens with zero attached hydrogens (tertiary/aromatic N) is 1. The maximum absolute atomic E-state index is 5.72. The lowest BCUT2D eigenvalue weighted by Crippen LogP contribution is -2.60. The fourth-order valence-corrected chi connectivity index (χ4v) is 2.46. The van der Waals surface area contributed by atoms with Crippen LogP contribution in [0.2, 0.25) is 0 Å². The van der Waals surface area contributed by atoms with Crippen molar-refractivity contribution in [1.29, 1.82) is 0 Å². The molecule has 0 bridgehead atoms. The second-order valence-corrected chi connectivity index (χ2v) is 5.30. The van der Waals surface area contributed by atoms with Crippen molar-refractivity contribution in [2.24, 2.45) is 5.41 Å². The van der Waals surface area contributed by atoms with E-state index >= 15 is 0 Å². The average Bonchev–Trinajstić information content (AvgIpc) is 2.34. The van der Waals surface area contributed by atoms with Gasteiger partial charge < -0.3 is 10.1 Å². The highest BCUT2D eigenvalue weighted by atomic mass is 16.5. The third kappa shape index (κ3) is 2.67. The Morgan fingerprint density at radius 2 is 2.35 bits per heavy atom. The molecule has 17 heavy (non-hydrogen) atoms. The van der Waals surface area contributed by atoms with Crippen LogP contribution in [0.3, 0.4) is 0 Å². The van der Waals surface area contributed by atoms with Gasteiger partial charge in [-0.25, -0.2) is 0 Å². The molecule has 1 aromatic rings. The van der Waals surface area contributed by atoms with E-state index in [0.29, 0.717) is 12.1 Å². The van der Waals surface area contributed by atoms with Gasteiger partial charge in [0.05, 0.1) is 6.10 Å². The molecule has 0 spiro atoms. The number of pyridine rings is 1. The summed E-state index contributed by atoms with van der Waals surface area (Å²) in [5.41, 5.74) is 1.47. The van der Waals surface area contributed by atoms with Gasteiger partial charge in [-0.1, -0.05) is 19.9 Å². The van der Waals surface area contributed by atoms with Gasteiger partial charge in [0, 0.05) is 37.0 Å². The maximum Gasteiger partial charge on any atom is 0.0655 e. The highest BCUT2D eigenvalue weighted by Crippen LogP contribution is 2.42. The van der Waals surface area contributed by atoms with Crippen LogP contribution in [0, 0.1) is 5.41 Å². The third-order valence-electron chi connectivity index (χ3n) is 3.82. The first-order chi connectivity index (χ1) is 8.14. The summed E-state index contributed by atoms with van der Waals surface area (Å²) in [4.78, 5) is 4.12. The van der Waals surface area contributed by atoms with Gasteiger partial charge in [0.15, 0.2) is 0 Å². The van der Waals surface area contributed by atoms with Crippen molar-refractivity contribution >= 4 is 0 Å². The second kappa shape index (κ2) is 5.15. The minimum absolute atomic E-state index is 0.234. The van der Waals surface area contributed by atoms with Gasteiger partial charge in [-0.2, -0.15) is 0 Å². The Balaban J connectivity index is 1.82. The van der Waals surface area contributed by atoms with E-state index < -0.39 is 0 Å². The molecule has 1 heterocycles. The number of aromatic nitrogens is 1. The molecule has 3 heteroatoms. The van der Waals surface area contributed by atoms with E-state index in [1.807, 2.05) is 18.5 Å². The summed E-state index contributed by atoms with van der Waals surface area (Å²) in [5, 5.41) is 3.59. The Morgan fingerprint density at radius 1 is 1.53 bits per heavy atom. The number of ether oxygens (including phenoxy) is 1. The lowest BCUT2D eigenvalue weighted by Gasteiger charge is -2.52. The molecule has 1 aromatic heterocycles. The third-order valence-corrected chi connectivity index (χ3v) is 3.82. The second-order valence-electron chi connectivity index (χ2n) is 5.30. The Labute approximate surface area is 104 Å². The maximum atomic E-state index is 5.72. The zero-order valence-corrected chi connectivity index (χ0v) is 10.9. The van der Waals surface area contributed by atoms with E-state index in [0.717, 1.165) is 19.6 Å². The van der Waals surface area contributed by atoms with Crippen LogP contribution in [0.15, 0.2) is 24.5 Å². The minimum atomic E-state index is 0.234. The van der Waals surface area contributed by atoms with Crippen LogP contribution >= 0.6 is 0 Å². The molecule has 1 aliphatic rings. The summed E-state index contributed by atoms with van der Waals surface area (Å²) in [5.74, 6) is 0. The SMILES string of the molecule is CCOC1CC(NCc2cccnc2)C1(C)C. The van der Waals surface area contributed by atoms with Crippen LogP contribution in [-0.2, 0) is 11.3 Å². The van der Waals surface area contributed by atoms with Gasteiger partial charge >= 0.3 is 0 Å². The molecule has 1 fully saturated rings. The van der Waals surface area contributed by atoms with E-state index in [1.165, 1.54) is 5.56 Å². The first-order valence-electron chi connectivity index (χ1n) is 6.38. The van der Waals surface area contributed by atoms with Gasteiger partial charge in [0.25, 0.3) is 0 Å². The summed E-state index contributed by atoms with van der Waals surface area (Å²) in [6.45, 7) is 8.31. The van der Waals surface area contributed by atoms with Crippen LogP contribution in [0.25, 0.3) is 0 Å². The fourth-order valence-electron chi connectivity index (χ4n) is 2.46. The van der Waals surface area contributed by atoms with Gasteiger partial charge in [-0.05, 0) is 25.0 Å². The molecule has 2 rings (SSSR count). The topological polar surface area (TPSA) is 34.1 Å². The van der Waals surface area contributed by atoms with Gasteiger partial charge in [0.1, 0.15) is 0 Å². The van der Waals surface area contributed by atoms with E-state index in [1.54, 1.807) is 0 Å². The molecular weight excluding hydrogens is 212 g/mol. The largest absolute Gasteiger partial charge is 0.378 e. The number of rotatable bonds is 5. The molecule has 0 saturated heterocycles. The van der Waals surface area contributed by atoms with Gasteiger partial charge in [-0.3, -0.25) is 4.98 Å². The van der Waals surface area contributed by atoms with Crippen LogP contribution < -0.4 is 5.32 Å². The summed E-state index contributed by atoms with van der Waals surface area (Å²) in [7, 11) is 0. The lowest BCUT2D eigenvalue weighted by molar-refractivity contribution is -0.114. The highest BCUT2D eigenvalue weighted by molar-refractivity contribution is 5.10. The molecule has 0 aromatic carbocycles. The van der Waals surface area contributed by atoms with Crippen molar-refractivity contribution in [3.8, 4) is 0 Å². The average molecular weight is 234 g/mol. The zero-order valence-electron chi connectivity index (χ0n) is 10.9. The molecule has 1 N–H and O–H groups in total. The summed E-state index contributed by atoms with van der Waals surface area (Å²) < 4.78 is 5.72. The molecule has 0 aliphatic heterocycles. The summed E-state index contributed by atoms with van der Waals surface area (Å²) in [6, 6.07) is 4.62. The van der Waals surface area contributed by atoms with E-state index in [4.69, 9.17) is 4.74 Å².